The molecule has 3 aromatic rings. The van der Waals surface area contributed by atoms with E-state index in [-0.39, 0.29) is 21.8 Å². The fourth-order valence-corrected chi connectivity index (χ4v) is 5.37. The van der Waals surface area contributed by atoms with E-state index in [0.29, 0.717) is 22.6 Å². The molecule has 2 N–H and O–H groups in total. The van der Waals surface area contributed by atoms with E-state index in [0.717, 1.165) is 16.9 Å². The molecule has 0 fully saturated rings. The number of aryl methyl sites for hydroxylation is 1. The minimum atomic E-state index is -3.84. The Kier molecular flexibility index (Phi) is 7.53. The van der Waals surface area contributed by atoms with Crippen LogP contribution in [0.15, 0.2) is 52.9 Å². The van der Waals surface area contributed by atoms with Crippen molar-refractivity contribution >= 4 is 44.2 Å². The predicted octanol–water partition coefficient (Wildman–Crippen LogP) is 3.45. The minimum absolute atomic E-state index is 0.0933. The van der Waals surface area contributed by atoms with E-state index in [1.165, 1.54) is 17.8 Å². The van der Waals surface area contributed by atoms with E-state index >= 15 is 0 Å². The predicted molar refractivity (Wildman–Crippen MR) is 117 cm³/mol. The number of hydrogen-bond acceptors (Lipinski definition) is 7. The van der Waals surface area contributed by atoms with Crippen LogP contribution in [0.2, 0.25) is 0 Å². The number of nitrogens with one attached hydrogen (secondary N) is 2. The molecule has 0 bridgehead atoms. The van der Waals surface area contributed by atoms with Gasteiger partial charge >= 0.3 is 0 Å². The molecule has 3 rings (SSSR count). The van der Waals surface area contributed by atoms with Crippen molar-refractivity contribution in [3.05, 3.63) is 71.0 Å². The molecule has 0 saturated heterocycles. The maximum absolute atomic E-state index is 13.6. The molecular formula is C19H19FN4O3S3. The number of sulfonamides is 1. The summed E-state index contributed by atoms with van der Waals surface area (Å²) >= 11 is 2.18. The summed E-state index contributed by atoms with van der Waals surface area (Å²) in [5.74, 6) is 0.238. The number of rotatable bonds is 9. The summed E-state index contributed by atoms with van der Waals surface area (Å²) < 4.78 is 40.5. The van der Waals surface area contributed by atoms with Crippen molar-refractivity contribution in [2.24, 2.45) is 0 Å². The molecule has 1 amide bonds. The highest BCUT2D eigenvalue weighted by atomic mass is 32.2. The Morgan fingerprint density at radius 2 is 1.97 bits per heavy atom. The van der Waals surface area contributed by atoms with Crippen LogP contribution in [-0.4, -0.2) is 36.8 Å². The van der Waals surface area contributed by atoms with Crippen molar-refractivity contribution in [2.75, 3.05) is 17.6 Å². The first-order valence-corrected chi connectivity index (χ1v) is 12.3. The van der Waals surface area contributed by atoms with Gasteiger partial charge in [-0.2, -0.15) is 11.8 Å². The molecule has 0 unspecified atom stereocenters. The van der Waals surface area contributed by atoms with Crippen LogP contribution >= 0.6 is 23.1 Å². The number of halogens is 1. The van der Waals surface area contributed by atoms with Crippen LogP contribution < -0.4 is 10.0 Å². The Labute approximate surface area is 182 Å². The lowest BCUT2D eigenvalue weighted by atomic mass is 10.1. The van der Waals surface area contributed by atoms with Gasteiger partial charge in [0.25, 0.3) is 15.9 Å². The van der Waals surface area contributed by atoms with E-state index in [1.807, 2.05) is 13.0 Å². The molecule has 2 aromatic carbocycles. The van der Waals surface area contributed by atoms with Gasteiger partial charge in [-0.1, -0.05) is 47.2 Å². The second-order valence-electron chi connectivity index (χ2n) is 6.24. The first kappa shape index (κ1) is 22.3. The zero-order valence-electron chi connectivity index (χ0n) is 16.0. The highest BCUT2D eigenvalue weighted by molar-refractivity contribution is 7.98. The summed E-state index contributed by atoms with van der Waals surface area (Å²) in [6.07, 6.45) is 0. The summed E-state index contributed by atoms with van der Waals surface area (Å²) in [5.41, 5.74) is 1.95. The van der Waals surface area contributed by atoms with Gasteiger partial charge in [0.15, 0.2) is 0 Å². The Morgan fingerprint density at radius 1 is 1.17 bits per heavy atom. The number of anilines is 1. The molecule has 0 saturated carbocycles. The largest absolute Gasteiger partial charge is 0.296 e. The average molecular weight is 467 g/mol. The Hall–Kier alpha value is -2.34. The SMILES string of the molecule is Cc1cccc(C(=O)Nc2nnc(S(=O)(=O)NCCSCc3ccccc3F)s2)c1. The molecule has 7 nitrogen and oxygen atoms in total. The topological polar surface area (TPSA) is 101 Å². The second-order valence-corrected chi connectivity index (χ2v) is 10.3. The summed E-state index contributed by atoms with van der Waals surface area (Å²) in [7, 11) is -3.84. The number of thioether (sulfide) groups is 1. The first-order chi connectivity index (χ1) is 14.3. The first-order valence-electron chi connectivity index (χ1n) is 8.87. The van der Waals surface area contributed by atoms with Crippen LogP contribution in [0.3, 0.4) is 0 Å². The summed E-state index contributed by atoms with van der Waals surface area (Å²) in [6.45, 7) is 2.03. The van der Waals surface area contributed by atoms with E-state index in [1.54, 1.807) is 36.4 Å². The molecule has 11 heteroatoms. The molecule has 0 atom stereocenters. The average Bonchev–Trinajstić information content (AvgIpc) is 3.18. The number of aromatic nitrogens is 2. The molecule has 158 valence electrons. The molecule has 0 aliphatic carbocycles. The maximum atomic E-state index is 13.6. The fourth-order valence-electron chi connectivity index (χ4n) is 2.43. The lowest BCUT2D eigenvalue weighted by Crippen LogP contribution is -2.26. The van der Waals surface area contributed by atoms with Gasteiger partial charge in [0.2, 0.25) is 9.47 Å². The number of carbonyl (C=O) groups excluding carboxylic acids is 1. The maximum Gasteiger partial charge on any atom is 0.269 e. The number of benzene rings is 2. The molecule has 1 aromatic heterocycles. The van der Waals surface area contributed by atoms with Gasteiger partial charge in [0.1, 0.15) is 5.82 Å². The monoisotopic (exact) mass is 466 g/mol. The van der Waals surface area contributed by atoms with Crippen LogP contribution in [0.4, 0.5) is 9.52 Å². The molecular weight excluding hydrogens is 447 g/mol. The Morgan fingerprint density at radius 3 is 2.73 bits per heavy atom. The van der Waals surface area contributed by atoms with Crippen LogP contribution in [0.25, 0.3) is 0 Å². The van der Waals surface area contributed by atoms with Crippen molar-refractivity contribution in [1.82, 2.24) is 14.9 Å². The van der Waals surface area contributed by atoms with Crippen molar-refractivity contribution in [3.63, 3.8) is 0 Å². The Balaban J connectivity index is 1.50. The molecule has 0 aliphatic rings. The van der Waals surface area contributed by atoms with Gasteiger partial charge in [-0.25, -0.2) is 17.5 Å². The fraction of sp³-hybridized carbons (Fsp3) is 0.211. The Bertz CT molecular complexity index is 1140. The van der Waals surface area contributed by atoms with E-state index in [4.69, 9.17) is 0 Å². The van der Waals surface area contributed by atoms with Crippen molar-refractivity contribution < 1.29 is 17.6 Å². The van der Waals surface area contributed by atoms with E-state index in [9.17, 15) is 17.6 Å². The summed E-state index contributed by atoms with van der Waals surface area (Å²) in [4.78, 5) is 12.2. The zero-order valence-corrected chi connectivity index (χ0v) is 18.4. The van der Waals surface area contributed by atoms with Crippen molar-refractivity contribution in [2.45, 2.75) is 17.0 Å². The number of carbonyl (C=O) groups is 1. The van der Waals surface area contributed by atoms with Gasteiger partial charge in [-0.3, -0.25) is 10.1 Å². The standard InChI is InChI=1S/C19H19FN4O3S3/c1-13-5-4-7-14(11-13)17(25)22-18-23-24-19(29-18)30(26,27)21-9-10-28-12-15-6-2-3-8-16(15)20/h2-8,11,21H,9-10,12H2,1H3,(H,22,23,25). The third-order valence-corrected chi connectivity index (χ3v) is 7.57. The van der Waals surface area contributed by atoms with Crippen LogP contribution in [0.1, 0.15) is 21.5 Å². The lowest BCUT2D eigenvalue weighted by Gasteiger charge is -2.05. The van der Waals surface area contributed by atoms with Gasteiger partial charge in [-0.15, -0.1) is 10.2 Å². The van der Waals surface area contributed by atoms with Crippen LogP contribution in [-0.2, 0) is 15.8 Å². The number of hydrogen-bond donors (Lipinski definition) is 2. The highest BCUT2D eigenvalue weighted by Crippen LogP contribution is 2.21. The lowest BCUT2D eigenvalue weighted by molar-refractivity contribution is 0.102. The third kappa shape index (κ3) is 6.08. The zero-order chi connectivity index (χ0) is 21.6. The normalized spacial score (nSPS) is 11.4. The number of amides is 1. The van der Waals surface area contributed by atoms with Crippen molar-refractivity contribution in [1.29, 1.82) is 0 Å². The quantitative estimate of drug-likeness (QED) is 0.370. The highest BCUT2D eigenvalue weighted by Gasteiger charge is 2.20. The summed E-state index contributed by atoms with van der Waals surface area (Å²) in [5, 5.41) is 10.0. The van der Waals surface area contributed by atoms with Crippen LogP contribution in [0, 0.1) is 12.7 Å². The molecule has 1 heterocycles. The molecule has 0 radical (unpaired) electrons. The van der Waals surface area contributed by atoms with Gasteiger partial charge in [0.05, 0.1) is 0 Å². The van der Waals surface area contributed by atoms with Crippen molar-refractivity contribution in [3.8, 4) is 0 Å². The minimum Gasteiger partial charge on any atom is -0.296 e. The van der Waals surface area contributed by atoms with E-state index < -0.39 is 15.9 Å². The summed E-state index contributed by atoms with van der Waals surface area (Å²) in [6, 6.07) is 13.5. The number of nitrogens with zero attached hydrogens (tertiary/aromatic N) is 2. The molecule has 0 spiro atoms. The second kappa shape index (κ2) is 10.1. The third-order valence-electron chi connectivity index (χ3n) is 3.89. The van der Waals surface area contributed by atoms with Crippen LogP contribution in [0.5, 0.6) is 0 Å². The van der Waals surface area contributed by atoms with Gasteiger partial charge < -0.3 is 0 Å². The van der Waals surface area contributed by atoms with Gasteiger partial charge in [0, 0.05) is 23.6 Å². The van der Waals surface area contributed by atoms with E-state index in [2.05, 4.69) is 20.2 Å². The molecule has 0 aliphatic heterocycles. The molecule has 30 heavy (non-hydrogen) atoms. The smallest absolute Gasteiger partial charge is 0.269 e. The van der Waals surface area contributed by atoms with Gasteiger partial charge in [-0.05, 0) is 30.7 Å².